The highest BCUT2D eigenvalue weighted by Crippen LogP contribution is 2.30. The van der Waals surface area contributed by atoms with Crippen molar-refractivity contribution in [2.45, 2.75) is 25.4 Å². The topological polar surface area (TPSA) is 75.4 Å². The fourth-order valence-electron chi connectivity index (χ4n) is 2.81. The van der Waals surface area contributed by atoms with Crippen LogP contribution in [0.5, 0.6) is 0 Å². The molecular weight excluding hydrogens is 304 g/mol. The lowest BCUT2D eigenvalue weighted by Gasteiger charge is -2.14. The minimum Gasteiger partial charge on any atom is -0.443 e. The van der Waals surface area contributed by atoms with Gasteiger partial charge in [0.05, 0.1) is 11.1 Å². The molecular formula is C16H17ClN2O3. The van der Waals surface area contributed by atoms with Crippen LogP contribution in [0.25, 0.3) is 11.3 Å². The first-order chi connectivity index (χ1) is 10.7. The Morgan fingerprint density at radius 1 is 1.41 bits per heavy atom. The summed E-state index contributed by atoms with van der Waals surface area (Å²) in [6.07, 6.45) is 3.63. The van der Waals surface area contributed by atoms with E-state index in [0.717, 1.165) is 19.3 Å². The number of oxazole rings is 1. The van der Waals surface area contributed by atoms with Gasteiger partial charge in [-0.1, -0.05) is 30.2 Å². The van der Waals surface area contributed by atoms with Gasteiger partial charge in [-0.2, -0.15) is 0 Å². The highest BCUT2D eigenvalue weighted by molar-refractivity contribution is 6.33. The molecule has 1 fully saturated rings. The predicted molar refractivity (Wildman–Crippen MR) is 82.6 cm³/mol. The lowest BCUT2D eigenvalue weighted by atomic mass is 10.1. The van der Waals surface area contributed by atoms with Gasteiger partial charge in [0.1, 0.15) is 0 Å². The Balaban J connectivity index is 1.74. The van der Waals surface area contributed by atoms with Crippen molar-refractivity contribution in [3.8, 4) is 11.3 Å². The van der Waals surface area contributed by atoms with Crippen LogP contribution in [0.4, 0.5) is 0 Å². The standard InChI is InChI=1S/C16H17ClN2O3/c17-12-6-2-1-5-11(12)15-14(19-9-22-15)16(21)18-8-10-4-3-7-13(10)20/h1-2,5-6,9-10,13,20H,3-4,7-8H2,(H,18,21). The van der Waals surface area contributed by atoms with E-state index in [1.165, 1.54) is 6.39 Å². The molecule has 0 saturated heterocycles. The highest BCUT2D eigenvalue weighted by atomic mass is 35.5. The van der Waals surface area contributed by atoms with Crippen LogP contribution < -0.4 is 5.32 Å². The van der Waals surface area contributed by atoms with Crippen LogP contribution in [-0.2, 0) is 0 Å². The summed E-state index contributed by atoms with van der Waals surface area (Å²) in [5, 5.41) is 13.1. The van der Waals surface area contributed by atoms with E-state index in [0.29, 0.717) is 22.9 Å². The van der Waals surface area contributed by atoms with Crippen molar-refractivity contribution >= 4 is 17.5 Å². The van der Waals surface area contributed by atoms with Crippen molar-refractivity contribution in [1.82, 2.24) is 10.3 Å². The molecule has 2 aromatic rings. The normalized spacial score (nSPS) is 21.0. The van der Waals surface area contributed by atoms with Gasteiger partial charge in [0.15, 0.2) is 17.8 Å². The maximum atomic E-state index is 12.3. The molecule has 3 rings (SSSR count). The van der Waals surface area contributed by atoms with E-state index in [4.69, 9.17) is 16.0 Å². The van der Waals surface area contributed by atoms with E-state index in [1.54, 1.807) is 12.1 Å². The van der Waals surface area contributed by atoms with Crippen LogP contribution in [-0.4, -0.2) is 28.6 Å². The molecule has 1 aliphatic carbocycles. The molecule has 2 N–H and O–H groups in total. The van der Waals surface area contributed by atoms with Crippen molar-refractivity contribution in [3.63, 3.8) is 0 Å². The predicted octanol–water partition coefficient (Wildman–Crippen LogP) is 2.89. The molecule has 116 valence electrons. The Morgan fingerprint density at radius 2 is 2.23 bits per heavy atom. The number of nitrogens with zero attached hydrogens (tertiary/aromatic N) is 1. The van der Waals surface area contributed by atoms with E-state index in [1.807, 2.05) is 12.1 Å². The minimum absolute atomic E-state index is 0.111. The summed E-state index contributed by atoms with van der Waals surface area (Å²) in [5.74, 6) is 0.150. The molecule has 5 nitrogen and oxygen atoms in total. The van der Waals surface area contributed by atoms with Gasteiger partial charge >= 0.3 is 0 Å². The van der Waals surface area contributed by atoms with E-state index < -0.39 is 0 Å². The average Bonchev–Trinajstić information content (AvgIpc) is 3.14. The van der Waals surface area contributed by atoms with Crippen LogP contribution in [0.2, 0.25) is 5.02 Å². The number of carbonyl (C=O) groups is 1. The Morgan fingerprint density at radius 3 is 2.95 bits per heavy atom. The summed E-state index contributed by atoms with van der Waals surface area (Å²) in [4.78, 5) is 16.3. The number of aromatic nitrogens is 1. The summed E-state index contributed by atoms with van der Waals surface area (Å²) in [6.45, 7) is 0.439. The van der Waals surface area contributed by atoms with Crippen LogP contribution in [0.3, 0.4) is 0 Å². The number of aliphatic hydroxyl groups excluding tert-OH is 1. The second kappa shape index (κ2) is 6.50. The van der Waals surface area contributed by atoms with Gasteiger partial charge in [-0.25, -0.2) is 4.98 Å². The molecule has 0 aliphatic heterocycles. The maximum absolute atomic E-state index is 12.3. The molecule has 0 radical (unpaired) electrons. The third-order valence-corrected chi connectivity index (χ3v) is 4.37. The van der Waals surface area contributed by atoms with Crippen molar-refractivity contribution in [3.05, 3.63) is 41.4 Å². The molecule has 1 aromatic heterocycles. The van der Waals surface area contributed by atoms with Crippen molar-refractivity contribution in [2.75, 3.05) is 6.54 Å². The maximum Gasteiger partial charge on any atom is 0.273 e. The molecule has 0 bridgehead atoms. The number of carbonyl (C=O) groups excluding carboxylic acids is 1. The van der Waals surface area contributed by atoms with E-state index in [9.17, 15) is 9.90 Å². The first-order valence-corrected chi connectivity index (χ1v) is 7.69. The first kappa shape index (κ1) is 15.1. The number of benzene rings is 1. The second-order valence-corrected chi connectivity index (χ2v) is 5.89. The monoisotopic (exact) mass is 320 g/mol. The third kappa shape index (κ3) is 3.00. The van der Waals surface area contributed by atoms with Crippen LogP contribution >= 0.6 is 11.6 Å². The zero-order valence-corrected chi connectivity index (χ0v) is 12.7. The second-order valence-electron chi connectivity index (χ2n) is 5.48. The molecule has 6 heteroatoms. The van der Waals surface area contributed by atoms with E-state index in [2.05, 4.69) is 10.3 Å². The highest BCUT2D eigenvalue weighted by Gasteiger charge is 2.27. The van der Waals surface area contributed by atoms with Crippen molar-refractivity contribution < 1.29 is 14.3 Å². The Labute approximate surface area is 133 Å². The quantitative estimate of drug-likeness (QED) is 0.908. The van der Waals surface area contributed by atoms with Gasteiger partial charge in [0, 0.05) is 18.0 Å². The van der Waals surface area contributed by atoms with E-state index in [-0.39, 0.29) is 23.6 Å². The molecule has 1 amide bonds. The molecule has 1 aromatic carbocycles. The SMILES string of the molecule is O=C(NCC1CCCC1O)c1ncoc1-c1ccccc1Cl. The Kier molecular flexibility index (Phi) is 4.45. The lowest BCUT2D eigenvalue weighted by molar-refractivity contribution is 0.0913. The number of rotatable bonds is 4. The molecule has 2 atom stereocenters. The third-order valence-electron chi connectivity index (χ3n) is 4.04. The van der Waals surface area contributed by atoms with Gasteiger partial charge in [0.25, 0.3) is 5.91 Å². The van der Waals surface area contributed by atoms with Gasteiger partial charge in [0.2, 0.25) is 0 Å². The Hall–Kier alpha value is -1.85. The number of nitrogens with one attached hydrogen (secondary N) is 1. The average molecular weight is 321 g/mol. The number of amides is 1. The van der Waals surface area contributed by atoms with Gasteiger partial charge in [-0.15, -0.1) is 0 Å². The van der Waals surface area contributed by atoms with Crippen LogP contribution in [0.1, 0.15) is 29.8 Å². The molecule has 1 saturated carbocycles. The fraction of sp³-hybridized carbons (Fsp3) is 0.375. The van der Waals surface area contributed by atoms with Gasteiger partial charge in [-0.05, 0) is 25.0 Å². The van der Waals surface area contributed by atoms with E-state index >= 15 is 0 Å². The van der Waals surface area contributed by atoms with Gasteiger partial charge in [-0.3, -0.25) is 4.79 Å². The van der Waals surface area contributed by atoms with Crippen molar-refractivity contribution in [2.24, 2.45) is 5.92 Å². The minimum atomic E-state index is -0.333. The number of aliphatic hydroxyl groups is 1. The number of hydrogen-bond acceptors (Lipinski definition) is 4. The first-order valence-electron chi connectivity index (χ1n) is 7.31. The van der Waals surface area contributed by atoms with Crippen LogP contribution in [0.15, 0.2) is 35.1 Å². The summed E-state index contributed by atoms with van der Waals surface area (Å²) in [6, 6.07) is 7.14. The number of hydrogen-bond donors (Lipinski definition) is 2. The van der Waals surface area contributed by atoms with Crippen molar-refractivity contribution in [1.29, 1.82) is 0 Å². The molecule has 0 spiro atoms. The molecule has 1 heterocycles. The Bertz CT molecular complexity index is 671. The molecule has 2 unspecified atom stereocenters. The zero-order valence-electron chi connectivity index (χ0n) is 12.0. The zero-order chi connectivity index (χ0) is 15.5. The van der Waals surface area contributed by atoms with Crippen LogP contribution in [0, 0.1) is 5.92 Å². The summed E-state index contributed by atoms with van der Waals surface area (Å²) in [5.41, 5.74) is 0.841. The number of halogens is 1. The van der Waals surface area contributed by atoms with Gasteiger partial charge < -0.3 is 14.8 Å². The fourth-order valence-corrected chi connectivity index (χ4v) is 3.03. The molecule has 1 aliphatic rings. The largest absolute Gasteiger partial charge is 0.443 e. The lowest BCUT2D eigenvalue weighted by Crippen LogP contribution is -2.32. The molecule has 22 heavy (non-hydrogen) atoms. The summed E-state index contributed by atoms with van der Waals surface area (Å²) < 4.78 is 5.34. The summed E-state index contributed by atoms with van der Waals surface area (Å²) >= 11 is 6.14. The smallest absolute Gasteiger partial charge is 0.273 e. The summed E-state index contributed by atoms with van der Waals surface area (Å²) in [7, 11) is 0.